The van der Waals surface area contributed by atoms with Crippen molar-refractivity contribution in [1.82, 2.24) is 0 Å². The zero-order valence-corrected chi connectivity index (χ0v) is 10.8. The third-order valence-corrected chi connectivity index (χ3v) is 2.61. The predicted octanol–water partition coefficient (Wildman–Crippen LogP) is 1.74. The lowest BCUT2D eigenvalue weighted by atomic mass is 10.0. The van der Waals surface area contributed by atoms with Gasteiger partial charge in [-0.25, -0.2) is 0 Å². The van der Waals surface area contributed by atoms with Crippen LogP contribution in [0.1, 0.15) is 17.5 Å². The first-order chi connectivity index (χ1) is 8.26. The average Bonchev–Trinajstić information content (AvgIpc) is 2.36. The van der Waals surface area contributed by atoms with Gasteiger partial charge in [-0.1, -0.05) is 0 Å². The molecule has 0 radical (unpaired) electrons. The Kier molecular flexibility index (Phi) is 5.80. The fourth-order valence-corrected chi connectivity index (χ4v) is 1.84. The summed E-state index contributed by atoms with van der Waals surface area (Å²) in [6.45, 7) is 1.18. The SMILES string of the molecule is COCc1cc(OC)cc(CCCN)c1OC. The van der Waals surface area contributed by atoms with Crippen LogP contribution in [0.3, 0.4) is 0 Å². The monoisotopic (exact) mass is 239 g/mol. The second-order valence-corrected chi connectivity index (χ2v) is 3.80. The highest BCUT2D eigenvalue weighted by Gasteiger charge is 2.11. The molecule has 0 heterocycles. The molecule has 0 aromatic heterocycles. The van der Waals surface area contributed by atoms with Gasteiger partial charge < -0.3 is 19.9 Å². The first-order valence-corrected chi connectivity index (χ1v) is 5.69. The van der Waals surface area contributed by atoms with Gasteiger partial charge >= 0.3 is 0 Å². The largest absolute Gasteiger partial charge is 0.497 e. The van der Waals surface area contributed by atoms with E-state index in [9.17, 15) is 0 Å². The van der Waals surface area contributed by atoms with Gasteiger partial charge in [0.1, 0.15) is 11.5 Å². The standard InChI is InChI=1S/C13H21NO3/c1-15-9-11-8-12(16-2)7-10(5-4-6-14)13(11)17-3/h7-8H,4-6,9,14H2,1-3H3. The van der Waals surface area contributed by atoms with Crippen molar-refractivity contribution in [2.75, 3.05) is 27.9 Å². The summed E-state index contributed by atoms with van der Waals surface area (Å²) in [7, 11) is 5.00. The van der Waals surface area contributed by atoms with Crippen molar-refractivity contribution in [3.05, 3.63) is 23.3 Å². The van der Waals surface area contributed by atoms with Crippen molar-refractivity contribution >= 4 is 0 Å². The van der Waals surface area contributed by atoms with E-state index in [-0.39, 0.29) is 0 Å². The number of aryl methyl sites for hydroxylation is 1. The highest BCUT2D eigenvalue weighted by molar-refractivity contribution is 5.47. The van der Waals surface area contributed by atoms with Crippen LogP contribution in [0.2, 0.25) is 0 Å². The molecule has 4 nitrogen and oxygen atoms in total. The zero-order chi connectivity index (χ0) is 12.7. The Morgan fingerprint density at radius 3 is 2.29 bits per heavy atom. The molecule has 0 aliphatic carbocycles. The number of benzene rings is 1. The van der Waals surface area contributed by atoms with E-state index in [1.54, 1.807) is 21.3 Å². The summed E-state index contributed by atoms with van der Waals surface area (Å²) >= 11 is 0. The molecule has 0 bridgehead atoms. The van der Waals surface area contributed by atoms with E-state index in [2.05, 4.69) is 0 Å². The Morgan fingerprint density at radius 1 is 1.06 bits per heavy atom. The Bertz CT molecular complexity index is 353. The maximum Gasteiger partial charge on any atom is 0.127 e. The van der Waals surface area contributed by atoms with Crippen molar-refractivity contribution < 1.29 is 14.2 Å². The Morgan fingerprint density at radius 2 is 1.76 bits per heavy atom. The third-order valence-electron chi connectivity index (χ3n) is 2.61. The van der Waals surface area contributed by atoms with Crippen molar-refractivity contribution in [2.45, 2.75) is 19.4 Å². The molecule has 96 valence electrons. The Labute approximate surface area is 103 Å². The molecule has 0 spiro atoms. The molecule has 0 fully saturated rings. The first kappa shape index (κ1) is 13.8. The molecule has 2 N–H and O–H groups in total. The van der Waals surface area contributed by atoms with Gasteiger partial charge in [-0.2, -0.15) is 0 Å². The van der Waals surface area contributed by atoms with E-state index in [0.29, 0.717) is 13.2 Å². The summed E-state index contributed by atoms with van der Waals surface area (Å²) in [4.78, 5) is 0. The van der Waals surface area contributed by atoms with Crippen LogP contribution in [0, 0.1) is 0 Å². The van der Waals surface area contributed by atoms with Crippen molar-refractivity contribution in [2.24, 2.45) is 5.73 Å². The number of ether oxygens (including phenoxy) is 3. The molecular formula is C13H21NO3. The summed E-state index contributed by atoms with van der Waals surface area (Å²) in [6, 6.07) is 3.93. The minimum absolute atomic E-state index is 0.510. The molecule has 4 heteroatoms. The van der Waals surface area contributed by atoms with Gasteiger partial charge in [-0.05, 0) is 37.1 Å². The van der Waals surface area contributed by atoms with E-state index < -0.39 is 0 Å². The molecule has 0 unspecified atom stereocenters. The Balaban J connectivity index is 3.09. The smallest absolute Gasteiger partial charge is 0.127 e. The third kappa shape index (κ3) is 3.61. The van der Waals surface area contributed by atoms with Gasteiger partial charge in [0.25, 0.3) is 0 Å². The summed E-state index contributed by atoms with van der Waals surface area (Å²) in [5, 5.41) is 0. The van der Waals surface area contributed by atoms with Crippen LogP contribution in [0.15, 0.2) is 12.1 Å². The van der Waals surface area contributed by atoms with Gasteiger partial charge in [0, 0.05) is 12.7 Å². The van der Waals surface area contributed by atoms with Crippen LogP contribution < -0.4 is 15.2 Å². The summed E-state index contributed by atoms with van der Waals surface area (Å²) in [5.41, 5.74) is 7.65. The quantitative estimate of drug-likeness (QED) is 0.787. The van der Waals surface area contributed by atoms with Crippen molar-refractivity contribution in [3.8, 4) is 11.5 Å². The van der Waals surface area contributed by atoms with Gasteiger partial charge in [-0.15, -0.1) is 0 Å². The molecule has 0 aliphatic heterocycles. The van der Waals surface area contributed by atoms with Gasteiger partial charge in [0.15, 0.2) is 0 Å². The van der Waals surface area contributed by atoms with Crippen LogP contribution >= 0.6 is 0 Å². The second-order valence-electron chi connectivity index (χ2n) is 3.80. The van der Waals surface area contributed by atoms with Gasteiger partial charge in [-0.3, -0.25) is 0 Å². The van der Waals surface area contributed by atoms with E-state index in [0.717, 1.165) is 35.5 Å². The van der Waals surface area contributed by atoms with Gasteiger partial charge in [0.2, 0.25) is 0 Å². The van der Waals surface area contributed by atoms with Crippen molar-refractivity contribution in [3.63, 3.8) is 0 Å². The summed E-state index contributed by atoms with van der Waals surface area (Å²) in [5.74, 6) is 1.70. The molecule has 0 aliphatic rings. The van der Waals surface area contributed by atoms with E-state index in [1.165, 1.54) is 0 Å². The highest BCUT2D eigenvalue weighted by atomic mass is 16.5. The van der Waals surface area contributed by atoms with E-state index in [1.807, 2.05) is 12.1 Å². The minimum Gasteiger partial charge on any atom is -0.497 e. The number of nitrogens with two attached hydrogens (primary N) is 1. The molecule has 0 saturated carbocycles. The molecule has 1 aromatic carbocycles. The number of hydrogen-bond donors (Lipinski definition) is 1. The Hall–Kier alpha value is -1.26. The molecule has 1 rings (SSSR count). The summed E-state index contributed by atoms with van der Waals surface area (Å²) in [6.07, 6.45) is 1.81. The molecular weight excluding hydrogens is 218 g/mol. The summed E-state index contributed by atoms with van der Waals surface area (Å²) < 4.78 is 15.9. The molecule has 17 heavy (non-hydrogen) atoms. The maximum atomic E-state index is 5.54. The lowest BCUT2D eigenvalue weighted by Gasteiger charge is -2.15. The zero-order valence-electron chi connectivity index (χ0n) is 10.8. The minimum atomic E-state index is 0.510. The number of methoxy groups -OCH3 is 3. The fraction of sp³-hybridized carbons (Fsp3) is 0.538. The van der Waals surface area contributed by atoms with Crippen LogP contribution in [-0.2, 0) is 17.8 Å². The van der Waals surface area contributed by atoms with Crippen LogP contribution in [-0.4, -0.2) is 27.9 Å². The molecule has 0 atom stereocenters. The maximum absolute atomic E-state index is 5.54. The molecule has 0 saturated heterocycles. The first-order valence-electron chi connectivity index (χ1n) is 5.69. The predicted molar refractivity (Wildman–Crippen MR) is 67.6 cm³/mol. The molecule has 1 aromatic rings. The fourth-order valence-electron chi connectivity index (χ4n) is 1.84. The topological polar surface area (TPSA) is 53.7 Å². The van der Waals surface area contributed by atoms with E-state index in [4.69, 9.17) is 19.9 Å². The van der Waals surface area contributed by atoms with Gasteiger partial charge in [0.05, 0.1) is 20.8 Å². The van der Waals surface area contributed by atoms with Crippen LogP contribution in [0.4, 0.5) is 0 Å². The average molecular weight is 239 g/mol. The van der Waals surface area contributed by atoms with Crippen molar-refractivity contribution in [1.29, 1.82) is 0 Å². The van der Waals surface area contributed by atoms with Crippen LogP contribution in [0.25, 0.3) is 0 Å². The lowest BCUT2D eigenvalue weighted by Crippen LogP contribution is -2.04. The highest BCUT2D eigenvalue weighted by Crippen LogP contribution is 2.30. The van der Waals surface area contributed by atoms with Crippen LogP contribution in [0.5, 0.6) is 11.5 Å². The number of rotatable bonds is 7. The van der Waals surface area contributed by atoms with E-state index >= 15 is 0 Å². The molecule has 0 amide bonds. The normalized spacial score (nSPS) is 10.4. The number of hydrogen-bond acceptors (Lipinski definition) is 4. The lowest BCUT2D eigenvalue weighted by molar-refractivity contribution is 0.181. The second kappa shape index (κ2) is 7.14.